The Balaban J connectivity index is 1.75. The third kappa shape index (κ3) is 7.16. The minimum absolute atomic E-state index is 0.0145. The van der Waals surface area contributed by atoms with E-state index in [1.54, 1.807) is 18.2 Å². The molecule has 0 fully saturated rings. The third-order valence-electron chi connectivity index (χ3n) is 4.47. The van der Waals surface area contributed by atoms with Gasteiger partial charge in [-0.2, -0.15) is 0 Å². The van der Waals surface area contributed by atoms with Gasteiger partial charge in [0.25, 0.3) is 10.0 Å². The van der Waals surface area contributed by atoms with Crippen LogP contribution in [0.4, 0.5) is 17.1 Å². The molecule has 0 aliphatic carbocycles. The van der Waals surface area contributed by atoms with Gasteiger partial charge in [0.2, 0.25) is 15.9 Å². The monoisotopic (exact) mass is 595 g/mol. The maximum absolute atomic E-state index is 12.6. The molecule has 1 amide bonds. The van der Waals surface area contributed by atoms with Crippen molar-refractivity contribution in [3.63, 3.8) is 0 Å². The van der Waals surface area contributed by atoms with Gasteiger partial charge < -0.3 is 5.32 Å². The van der Waals surface area contributed by atoms with E-state index in [9.17, 15) is 21.6 Å². The Kier molecular flexibility index (Phi) is 8.46. The number of nitrogens with one attached hydrogen (secondary N) is 2. The molecule has 0 aliphatic rings. The molecule has 186 valence electrons. The predicted octanol–water partition coefficient (Wildman–Crippen LogP) is 5.51. The molecule has 0 heterocycles. The van der Waals surface area contributed by atoms with Gasteiger partial charge in [0.05, 0.1) is 37.6 Å². The zero-order valence-corrected chi connectivity index (χ0v) is 22.5. The summed E-state index contributed by atoms with van der Waals surface area (Å²) in [5.41, 5.74) is 0.509. The van der Waals surface area contributed by atoms with Gasteiger partial charge in [0, 0.05) is 10.7 Å². The van der Waals surface area contributed by atoms with Crippen LogP contribution in [-0.2, 0) is 24.8 Å². The van der Waals surface area contributed by atoms with E-state index in [0.29, 0.717) is 5.02 Å². The molecule has 0 atom stereocenters. The standard InChI is InChI=1S/C21H17Cl4N3O5S2/c1-34(30,31)28(20-11-18(24)17(23)10-19(20)25)12-21(29)26-14-5-7-16(8-6-14)35(32,33)27-15-4-2-3-13(22)9-15/h2-11,27H,12H2,1H3,(H,26,29). The smallest absolute Gasteiger partial charge is 0.261 e. The number of carbonyl (C=O) groups excluding carboxylic acids is 1. The first-order chi connectivity index (χ1) is 16.3. The minimum atomic E-state index is -3.93. The molecule has 0 aliphatic heterocycles. The lowest BCUT2D eigenvalue weighted by Crippen LogP contribution is -2.37. The number of amides is 1. The molecule has 0 spiro atoms. The Bertz CT molecular complexity index is 1480. The Morgan fingerprint density at radius 2 is 1.46 bits per heavy atom. The zero-order chi connectivity index (χ0) is 26.0. The van der Waals surface area contributed by atoms with Crippen LogP contribution in [0.5, 0.6) is 0 Å². The van der Waals surface area contributed by atoms with E-state index < -0.39 is 32.5 Å². The number of carbonyl (C=O) groups is 1. The SMILES string of the molecule is CS(=O)(=O)N(CC(=O)Nc1ccc(S(=O)(=O)Nc2cccc(Cl)c2)cc1)c1cc(Cl)c(Cl)cc1Cl. The van der Waals surface area contributed by atoms with Crippen molar-refractivity contribution in [2.24, 2.45) is 0 Å². The summed E-state index contributed by atoms with van der Waals surface area (Å²) in [5.74, 6) is -0.703. The number of benzene rings is 3. The van der Waals surface area contributed by atoms with Gasteiger partial charge in [-0.15, -0.1) is 0 Å². The lowest BCUT2D eigenvalue weighted by molar-refractivity contribution is -0.114. The summed E-state index contributed by atoms with van der Waals surface area (Å²) in [6, 6.07) is 14.0. The second-order valence-corrected chi connectivity index (χ2v) is 12.4. The van der Waals surface area contributed by atoms with Gasteiger partial charge in [0.15, 0.2) is 0 Å². The fraction of sp³-hybridized carbons (Fsp3) is 0.0952. The van der Waals surface area contributed by atoms with E-state index in [4.69, 9.17) is 46.4 Å². The molecule has 2 N–H and O–H groups in total. The highest BCUT2D eigenvalue weighted by Gasteiger charge is 2.24. The van der Waals surface area contributed by atoms with Crippen LogP contribution in [0.25, 0.3) is 0 Å². The molecule has 0 unspecified atom stereocenters. The van der Waals surface area contributed by atoms with Crippen LogP contribution >= 0.6 is 46.4 Å². The van der Waals surface area contributed by atoms with Gasteiger partial charge in [0.1, 0.15) is 6.54 Å². The summed E-state index contributed by atoms with van der Waals surface area (Å²) in [6.45, 7) is -0.618. The van der Waals surface area contributed by atoms with Crippen molar-refractivity contribution in [3.8, 4) is 0 Å². The Morgan fingerprint density at radius 3 is 2.06 bits per heavy atom. The highest BCUT2D eigenvalue weighted by atomic mass is 35.5. The Morgan fingerprint density at radius 1 is 0.829 bits per heavy atom. The number of anilines is 3. The average molecular weight is 597 g/mol. The van der Waals surface area contributed by atoms with E-state index in [2.05, 4.69) is 10.0 Å². The largest absolute Gasteiger partial charge is 0.325 e. The molecule has 8 nitrogen and oxygen atoms in total. The van der Waals surface area contributed by atoms with Gasteiger partial charge in [-0.05, 0) is 54.6 Å². The number of nitrogens with zero attached hydrogens (tertiary/aromatic N) is 1. The maximum atomic E-state index is 12.6. The summed E-state index contributed by atoms with van der Waals surface area (Å²) >= 11 is 23.9. The average Bonchev–Trinajstić information content (AvgIpc) is 2.74. The van der Waals surface area contributed by atoms with Gasteiger partial charge >= 0.3 is 0 Å². The summed E-state index contributed by atoms with van der Waals surface area (Å²) in [4.78, 5) is 12.5. The topological polar surface area (TPSA) is 113 Å². The van der Waals surface area contributed by atoms with Crippen molar-refractivity contribution in [1.82, 2.24) is 0 Å². The molecule has 35 heavy (non-hydrogen) atoms. The van der Waals surface area contributed by atoms with Crippen LogP contribution in [-0.4, -0.2) is 35.5 Å². The van der Waals surface area contributed by atoms with E-state index in [0.717, 1.165) is 10.6 Å². The van der Waals surface area contributed by atoms with Gasteiger partial charge in [-0.25, -0.2) is 16.8 Å². The molecular weight excluding hydrogens is 580 g/mol. The number of sulfonamides is 2. The van der Waals surface area contributed by atoms with Crippen LogP contribution in [0, 0.1) is 0 Å². The molecule has 14 heteroatoms. The summed E-state index contributed by atoms with van der Waals surface area (Å²) in [6.07, 6.45) is 0.908. The first-order valence-corrected chi connectivity index (χ1v) is 14.4. The molecule has 0 saturated heterocycles. The zero-order valence-electron chi connectivity index (χ0n) is 17.8. The molecule has 0 aromatic heterocycles. The molecule has 0 radical (unpaired) electrons. The highest BCUT2D eigenvalue weighted by molar-refractivity contribution is 7.92. The molecule has 3 rings (SSSR count). The van der Waals surface area contributed by atoms with Crippen molar-refractivity contribution < 1.29 is 21.6 Å². The van der Waals surface area contributed by atoms with Crippen molar-refractivity contribution in [2.75, 3.05) is 27.1 Å². The van der Waals surface area contributed by atoms with Crippen LogP contribution in [0.2, 0.25) is 20.1 Å². The van der Waals surface area contributed by atoms with E-state index in [1.165, 1.54) is 42.5 Å². The molecule has 0 saturated carbocycles. The van der Waals surface area contributed by atoms with Crippen molar-refractivity contribution in [1.29, 1.82) is 0 Å². The normalized spacial score (nSPS) is 11.7. The van der Waals surface area contributed by atoms with Crippen LogP contribution in [0.1, 0.15) is 0 Å². The second-order valence-electron chi connectivity index (χ2n) is 7.18. The summed E-state index contributed by atoms with van der Waals surface area (Å²) in [5, 5.41) is 3.05. The van der Waals surface area contributed by atoms with Crippen LogP contribution in [0.3, 0.4) is 0 Å². The second kappa shape index (κ2) is 10.8. The fourth-order valence-electron chi connectivity index (χ4n) is 2.90. The third-order valence-corrected chi connectivity index (χ3v) is 8.25. The maximum Gasteiger partial charge on any atom is 0.261 e. The van der Waals surface area contributed by atoms with E-state index >= 15 is 0 Å². The predicted molar refractivity (Wildman–Crippen MR) is 141 cm³/mol. The van der Waals surface area contributed by atoms with Crippen LogP contribution < -0.4 is 14.3 Å². The lowest BCUT2D eigenvalue weighted by Gasteiger charge is -2.23. The van der Waals surface area contributed by atoms with E-state index in [1.807, 2.05) is 0 Å². The number of rotatable bonds is 8. The molecular formula is C21H17Cl4N3O5S2. The molecule has 3 aromatic carbocycles. The summed E-state index contributed by atoms with van der Waals surface area (Å²) in [7, 11) is -7.84. The molecule has 3 aromatic rings. The number of hydrogen-bond donors (Lipinski definition) is 2. The van der Waals surface area contributed by atoms with E-state index in [-0.39, 0.29) is 37.0 Å². The highest BCUT2D eigenvalue weighted by Crippen LogP contribution is 2.35. The van der Waals surface area contributed by atoms with Crippen molar-refractivity contribution in [3.05, 3.63) is 80.8 Å². The quantitative estimate of drug-likeness (QED) is 0.333. The summed E-state index contributed by atoms with van der Waals surface area (Å²) < 4.78 is 53.0. The van der Waals surface area contributed by atoms with Crippen molar-refractivity contribution >= 4 is 89.4 Å². The first-order valence-electron chi connectivity index (χ1n) is 9.57. The molecule has 0 bridgehead atoms. The van der Waals surface area contributed by atoms with Crippen molar-refractivity contribution in [2.45, 2.75) is 4.90 Å². The first kappa shape index (κ1) is 27.4. The van der Waals surface area contributed by atoms with Gasteiger partial charge in [-0.3, -0.25) is 13.8 Å². The Labute approximate surface area is 222 Å². The number of hydrogen-bond acceptors (Lipinski definition) is 5. The number of halogens is 4. The lowest BCUT2D eigenvalue weighted by atomic mass is 10.3. The fourth-order valence-corrected chi connectivity index (χ4v) is 5.69. The van der Waals surface area contributed by atoms with Crippen LogP contribution in [0.15, 0.2) is 65.6 Å². The minimum Gasteiger partial charge on any atom is -0.325 e. The van der Waals surface area contributed by atoms with Gasteiger partial charge in [-0.1, -0.05) is 52.5 Å². The Hall–Kier alpha value is -2.21.